The predicted molar refractivity (Wildman–Crippen MR) is 124 cm³/mol. The van der Waals surface area contributed by atoms with Gasteiger partial charge < -0.3 is 5.32 Å². The number of benzene rings is 3. The van der Waals surface area contributed by atoms with E-state index in [1.165, 1.54) is 0 Å². The van der Waals surface area contributed by atoms with E-state index in [-0.39, 0.29) is 5.91 Å². The highest BCUT2D eigenvalue weighted by Crippen LogP contribution is 2.35. The largest absolute Gasteiger partial charge is 0.322 e. The zero-order chi connectivity index (χ0) is 20.5. The fraction of sp³-hybridized carbons (Fsp3) is 0. The maximum atomic E-state index is 13.2. The number of halogens is 1. The summed E-state index contributed by atoms with van der Waals surface area (Å²) in [5.74, 6) is -0.230. The van der Waals surface area contributed by atoms with Crippen LogP contribution in [0.2, 0.25) is 5.02 Å². The number of fused-ring (bicyclic) bond motifs is 1. The number of hydrogen-bond acceptors (Lipinski definition) is 3. The Hall–Kier alpha value is -3.41. The van der Waals surface area contributed by atoms with Gasteiger partial charge in [-0.1, -0.05) is 54.1 Å². The molecule has 5 aromatic rings. The highest BCUT2D eigenvalue weighted by molar-refractivity contribution is 7.22. The van der Waals surface area contributed by atoms with E-state index in [0.29, 0.717) is 22.0 Å². The van der Waals surface area contributed by atoms with Gasteiger partial charge in [0.05, 0.1) is 16.1 Å². The van der Waals surface area contributed by atoms with Gasteiger partial charge in [-0.2, -0.15) is 5.10 Å². The van der Waals surface area contributed by atoms with Gasteiger partial charge in [0.2, 0.25) is 0 Å². The van der Waals surface area contributed by atoms with Gasteiger partial charge in [0.25, 0.3) is 5.91 Å². The third-order valence-corrected chi connectivity index (χ3v) is 6.08. The number of hydrogen-bond donors (Lipinski definition) is 1. The Labute approximate surface area is 182 Å². The van der Waals surface area contributed by atoms with Gasteiger partial charge in [-0.15, -0.1) is 11.3 Å². The van der Waals surface area contributed by atoms with E-state index in [4.69, 9.17) is 16.7 Å². The van der Waals surface area contributed by atoms with Crippen LogP contribution in [0.3, 0.4) is 0 Å². The molecule has 0 aliphatic rings. The Morgan fingerprint density at radius 2 is 1.73 bits per heavy atom. The number of para-hydroxylation sites is 1. The van der Waals surface area contributed by atoms with E-state index >= 15 is 0 Å². The molecule has 5 rings (SSSR count). The summed E-state index contributed by atoms with van der Waals surface area (Å²) in [5.41, 5.74) is 2.69. The lowest BCUT2D eigenvalue weighted by Crippen LogP contribution is -2.12. The van der Waals surface area contributed by atoms with E-state index < -0.39 is 0 Å². The van der Waals surface area contributed by atoms with Crippen molar-refractivity contribution in [2.45, 2.75) is 0 Å². The van der Waals surface area contributed by atoms with Gasteiger partial charge in [-0.3, -0.25) is 4.79 Å². The molecule has 0 saturated heterocycles. The topological polar surface area (TPSA) is 46.9 Å². The summed E-state index contributed by atoms with van der Waals surface area (Å²) in [6, 6.07) is 27.1. The third kappa shape index (κ3) is 3.61. The molecule has 0 bridgehead atoms. The molecule has 2 aromatic heterocycles. The molecule has 4 nitrogen and oxygen atoms in total. The zero-order valence-corrected chi connectivity index (χ0v) is 17.3. The Morgan fingerprint density at radius 1 is 0.933 bits per heavy atom. The lowest BCUT2D eigenvalue weighted by molar-refractivity contribution is 0.102. The molecule has 0 radical (unpaired) electrons. The molecule has 0 spiro atoms. The Morgan fingerprint density at radius 3 is 2.53 bits per heavy atom. The second-order valence-electron chi connectivity index (χ2n) is 6.78. The Kier molecular flexibility index (Phi) is 4.83. The minimum atomic E-state index is -0.230. The Balaban J connectivity index is 1.60. The molecule has 0 unspecified atom stereocenters. The second-order valence-corrected chi connectivity index (χ2v) is 8.30. The molecule has 0 fully saturated rings. The number of anilines is 1. The average molecular weight is 430 g/mol. The van der Waals surface area contributed by atoms with Crippen LogP contribution < -0.4 is 5.32 Å². The van der Waals surface area contributed by atoms with E-state index in [1.807, 2.05) is 48.5 Å². The van der Waals surface area contributed by atoms with Crippen molar-refractivity contribution in [2.24, 2.45) is 0 Å². The van der Waals surface area contributed by atoms with Gasteiger partial charge in [0.15, 0.2) is 0 Å². The predicted octanol–water partition coefficient (Wildman–Crippen LogP) is 6.66. The summed E-state index contributed by atoms with van der Waals surface area (Å²) in [6.07, 6.45) is 1.77. The monoisotopic (exact) mass is 429 g/mol. The van der Waals surface area contributed by atoms with Crippen LogP contribution in [-0.2, 0) is 0 Å². The summed E-state index contributed by atoms with van der Waals surface area (Å²) >= 11 is 7.69. The summed E-state index contributed by atoms with van der Waals surface area (Å²) in [5, 5.41) is 9.40. The number of amides is 1. The molecule has 1 amide bonds. The second kappa shape index (κ2) is 7.78. The molecular weight excluding hydrogens is 414 g/mol. The number of thiophene rings is 1. The van der Waals surface area contributed by atoms with Crippen LogP contribution in [0.25, 0.3) is 26.3 Å². The quantitative estimate of drug-likeness (QED) is 0.347. The molecule has 0 atom stereocenters. The molecule has 0 aliphatic carbocycles. The molecule has 146 valence electrons. The SMILES string of the molecule is O=C(Nc1cccc(Cl)c1)c1cn(-c2ccccc2)nc1-c1cc2ccccc2s1. The fourth-order valence-electron chi connectivity index (χ4n) is 3.30. The minimum Gasteiger partial charge on any atom is -0.322 e. The van der Waals surface area contributed by atoms with Crippen LogP contribution in [0.4, 0.5) is 5.69 Å². The molecule has 6 heteroatoms. The normalized spacial score (nSPS) is 11.0. The summed E-state index contributed by atoms with van der Waals surface area (Å²) in [6.45, 7) is 0. The van der Waals surface area contributed by atoms with Crippen molar-refractivity contribution in [1.29, 1.82) is 0 Å². The van der Waals surface area contributed by atoms with Crippen molar-refractivity contribution in [1.82, 2.24) is 9.78 Å². The van der Waals surface area contributed by atoms with Crippen molar-refractivity contribution in [3.63, 3.8) is 0 Å². The maximum absolute atomic E-state index is 13.2. The molecular formula is C24H16ClN3OS. The van der Waals surface area contributed by atoms with Crippen LogP contribution >= 0.6 is 22.9 Å². The van der Waals surface area contributed by atoms with Crippen molar-refractivity contribution < 1.29 is 4.79 Å². The van der Waals surface area contributed by atoms with E-state index in [2.05, 4.69) is 23.5 Å². The lowest BCUT2D eigenvalue weighted by Gasteiger charge is -2.05. The molecule has 0 saturated carbocycles. The van der Waals surface area contributed by atoms with Gasteiger partial charge in [-0.05, 0) is 47.9 Å². The van der Waals surface area contributed by atoms with E-state index in [1.54, 1.807) is 40.4 Å². The van der Waals surface area contributed by atoms with Crippen LogP contribution in [0.5, 0.6) is 0 Å². The number of nitrogens with zero attached hydrogens (tertiary/aromatic N) is 2. The maximum Gasteiger partial charge on any atom is 0.259 e. The highest BCUT2D eigenvalue weighted by atomic mass is 35.5. The van der Waals surface area contributed by atoms with Gasteiger partial charge in [-0.25, -0.2) is 4.68 Å². The summed E-state index contributed by atoms with van der Waals surface area (Å²) < 4.78 is 2.90. The molecule has 0 aliphatic heterocycles. The first-order valence-electron chi connectivity index (χ1n) is 9.38. The first-order chi connectivity index (χ1) is 14.7. The highest BCUT2D eigenvalue weighted by Gasteiger charge is 2.20. The molecule has 3 aromatic carbocycles. The smallest absolute Gasteiger partial charge is 0.259 e. The van der Waals surface area contributed by atoms with E-state index in [0.717, 1.165) is 20.7 Å². The molecule has 1 N–H and O–H groups in total. The summed E-state index contributed by atoms with van der Waals surface area (Å²) in [7, 11) is 0. The molecule has 30 heavy (non-hydrogen) atoms. The minimum absolute atomic E-state index is 0.230. The number of carbonyl (C=O) groups is 1. The zero-order valence-electron chi connectivity index (χ0n) is 15.7. The van der Waals surface area contributed by atoms with Crippen molar-refractivity contribution in [3.8, 4) is 16.3 Å². The van der Waals surface area contributed by atoms with Crippen LogP contribution in [-0.4, -0.2) is 15.7 Å². The van der Waals surface area contributed by atoms with Crippen molar-refractivity contribution in [2.75, 3.05) is 5.32 Å². The van der Waals surface area contributed by atoms with Gasteiger partial charge in [0.1, 0.15) is 5.69 Å². The van der Waals surface area contributed by atoms with E-state index in [9.17, 15) is 4.79 Å². The van der Waals surface area contributed by atoms with Crippen LogP contribution in [0, 0.1) is 0 Å². The average Bonchev–Trinajstić information content (AvgIpc) is 3.39. The molecule has 2 heterocycles. The number of aromatic nitrogens is 2. The van der Waals surface area contributed by atoms with Gasteiger partial charge >= 0.3 is 0 Å². The van der Waals surface area contributed by atoms with Crippen LogP contribution in [0.1, 0.15) is 10.4 Å². The van der Waals surface area contributed by atoms with Crippen molar-refractivity contribution in [3.05, 3.63) is 102 Å². The third-order valence-electron chi connectivity index (χ3n) is 4.72. The standard InChI is InChI=1S/C24H16ClN3OS/c25-17-8-6-9-18(14-17)26-24(29)20-15-28(19-10-2-1-3-11-19)27-23(20)22-13-16-7-4-5-12-21(16)30-22/h1-15H,(H,26,29). The first kappa shape index (κ1) is 18.6. The lowest BCUT2D eigenvalue weighted by atomic mass is 10.2. The summed E-state index contributed by atoms with van der Waals surface area (Å²) in [4.78, 5) is 14.1. The number of rotatable bonds is 4. The number of nitrogens with one attached hydrogen (secondary N) is 1. The van der Waals surface area contributed by atoms with Gasteiger partial charge in [0, 0.05) is 21.6 Å². The number of carbonyl (C=O) groups excluding carboxylic acids is 1. The fourth-order valence-corrected chi connectivity index (χ4v) is 4.55. The van der Waals surface area contributed by atoms with Crippen LogP contribution in [0.15, 0.2) is 91.1 Å². The van der Waals surface area contributed by atoms with Crippen molar-refractivity contribution >= 4 is 44.6 Å². The Bertz CT molecular complexity index is 1320. The first-order valence-corrected chi connectivity index (χ1v) is 10.6.